The molecular formula is C15H24N2OS. The molecule has 0 spiro atoms. The summed E-state index contributed by atoms with van der Waals surface area (Å²) in [4.78, 5) is 0. The minimum atomic E-state index is 0.259. The number of rotatable bonds is 7. The van der Waals surface area contributed by atoms with Crippen molar-refractivity contribution in [2.45, 2.75) is 39.5 Å². The number of benzene rings is 1. The third-order valence-electron chi connectivity index (χ3n) is 3.22. The highest BCUT2D eigenvalue weighted by Gasteiger charge is 2.06. The van der Waals surface area contributed by atoms with Crippen molar-refractivity contribution in [3.05, 3.63) is 24.3 Å². The molecule has 1 aromatic rings. The third kappa shape index (κ3) is 6.43. The first-order valence-electron chi connectivity index (χ1n) is 6.99. The van der Waals surface area contributed by atoms with E-state index in [0.29, 0.717) is 11.0 Å². The second kappa shape index (κ2) is 8.75. The predicted molar refractivity (Wildman–Crippen MR) is 85.6 cm³/mol. The highest BCUT2D eigenvalue weighted by atomic mass is 32.1. The Bertz CT molecular complexity index is 378. The van der Waals surface area contributed by atoms with Crippen LogP contribution in [-0.2, 0) is 0 Å². The lowest BCUT2D eigenvalue weighted by molar-refractivity contribution is 0.446. The van der Waals surface area contributed by atoms with Gasteiger partial charge in [-0.3, -0.25) is 0 Å². The third-order valence-corrected chi connectivity index (χ3v) is 3.47. The molecule has 0 aliphatic heterocycles. The topological polar surface area (TPSA) is 44.3 Å². The molecule has 0 aromatic heterocycles. The smallest absolute Gasteiger partial charge is 0.170 e. The molecule has 0 heterocycles. The molecule has 0 amide bonds. The summed E-state index contributed by atoms with van der Waals surface area (Å²) in [5, 5.41) is 16.2. The van der Waals surface area contributed by atoms with Crippen molar-refractivity contribution < 1.29 is 5.11 Å². The van der Waals surface area contributed by atoms with Gasteiger partial charge < -0.3 is 15.7 Å². The fourth-order valence-corrected chi connectivity index (χ4v) is 2.10. The molecule has 4 heteroatoms. The van der Waals surface area contributed by atoms with Gasteiger partial charge in [-0.1, -0.05) is 33.1 Å². The Hall–Kier alpha value is -1.29. The van der Waals surface area contributed by atoms with Gasteiger partial charge in [0.2, 0.25) is 0 Å². The van der Waals surface area contributed by atoms with Crippen LogP contribution in [0.3, 0.4) is 0 Å². The van der Waals surface area contributed by atoms with Crippen molar-refractivity contribution in [3.8, 4) is 5.75 Å². The highest BCUT2D eigenvalue weighted by Crippen LogP contribution is 2.14. The normalized spacial score (nSPS) is 11.9. The number of unbranched alkanes of at least 4 members (excludes halogenated alkanes) is 1. The Labute approximate surface area is 121 Å². The summed E-state index contributed by atoms with van der Waals surface area (Å²) in [6, 6.07) is 6.89. The largest absolute Gasteiger partial charge is 0.508 e. The van der Waals surface area contributed by atoms with E-state index in [1.54, 1.807) is 24.3 Å². The maximum Gasteiger partial charge on any atom is 0.170 e. The van der Waals surface area contributed by atoms with Crippen LogP contribution in [0.5, 0.6) is 5.75 Å². The van der Waals surface area contributed by atoms with Gasteiger partial charge in [0.25, 0.3) is 0 Å². The average molecular weight is 280 g/mol. The van der Waals surface area contributed by atoms with Crippen LogP contribution in [0.2, 0.25) is 0 Å². The maximum atomic E-state index is 9.21. The van der Waals surface area contributed by atoms with Crippen LogP contribution in [0.1, 0.15) is 39.5 Å². The van der Waals surface area contributed by atoms with E-state index >= 15 is 0 Å². The van der Waals surface area contributed by atoms with Gasteiger partial charge in [-0.2, -0.15) is 0 Å². The number of hydrogen-bond acceptors (Lipinski definition) is 2. The van der Waals surface area contributed by atoms with Crippen LogP contribution in [-0.4, -0.2) is 16.8 Å². The van der Waals surface area contributed by atoms with E-state index < -0.39 is 0 Å². The van der Waals surface area contributed by atoms with Gasteiger partial charge >= 0.3 is 0 Å². The van der Waals surface area contributed by atoms with E-state index in [4.69, 9.17) is 12.2 Å². The Morgan fingerprint density at radius 2 is 1.95 bits per heavy atom. The van der Waals surface area contributed by atoms with Crippen molar-refractivity contribution in [1.29, 1.82) is 0 Å². The summed E-state index contributed by atoms with van der Waals surface area (Å²) < 4.78 is 0. The molecule has 19 heavy (non-hydrogen) atoms. The van der Waals surface area contributed by atoms with Gasteiger partial charge in [-0.15, -0.1) is 0 Å². The summed E-state index contributed by atoms with van der Waals surface area (Å²) in [5.41, 5.74) is 0.886. The summed E-state index contributed by atoms with van der Waals surface area (Å²) in [6.45, 7) is 5.36. The molecule has 0 bridgehead atoms. The van der Waals surface area contributed by atoms with E-state index in [-0.39, 0.29) is 5.75 Å². The number of phenolic OH excluding ortho intramolecular Hbond substituents is 1. The van der Waals surface area contributed by atoms with Crippen molar-refractivity contribution in [2.75, 3.05) is 11.9 Å². The molecular weight excluding hydrogens is 256 g/mol. The molecule has 1 rings (SSSR count). The second-order valence-corrected chi connectivity index (χ2v) is 5.21. The van der Waals surface area contributed by atoms with E-state index in [9.17, 15) is 5.11 Å². The van der Waals surface area contributed by atoms with Crippen LogP contribution in [0.4, 0.5) is 5.69 Å². The monoisotopic (exact) mass is 280 g/mol. The first kappa shape index (κ1) is 15.8. The lowest BCUT2D eigenvalue weighted by atomic mass is 9.99. The number of aromatic hydroxyl groups is 1. The molecule has 0 fully saturated rings. The summed E-state index contributed by atoms with van der Waals surface area (Å²) in [6.07, 6.45) is 4.95. The predicted octanol–water partition coefficient (Wildman–Crippen LogP) is 3.90. The van der Waals surface area contributed by atoms with Crippen LogP contribution in [0, 0.1) is 5.92 Å². The zero-order valence-corrected chi connectivity index (χ0v) is 12.6. The van der Waals surface area contributed by atoms with Crippen molar-refractivity contribution in [3.63, 3.8) is 0 Å². The molecule has 1 atom stereocenters. The number of nitrogens with one attached hydrogen (secondary N) is 2. The fraction of sp³-hybridized carbons (Fsp3) is 0.533. The second-order valence-electron chi connectivity index (χ2n) is 4.80. The first-order valence-corrected chi connectivity index (χ1v) is 7.40. The molecule has 0 saturated carbocycles. The Morgan fingerprint density at radius 1 is 1.26 bits per heavy atom. The average Bonchev–Trinajstić information content (AvgIpc) is 2.42. The van der Waals surface area contributed by atoms with Crippen molar-refractivity contribution >= 4 is 23.0 Å². The maximum absolute atomic E-state index is 9.21. The minimum Gasteiger partial charge on any atom is -0.508 e. The van der Waals surface area contributed by atoms with Gasteiger partial charge in [0.15, 0.2) is 5.11 Å². The number of thiocarbonyl (C=S) groups is 1. The fourth-order valence-electron chi connectivity index (χ4n) is 1.90. The molecule has 1 aromatic carbocycles. The molecule has 0 aliphatic rings. The SMILES string of the molecule is CCCC[C@@H](CC)CNC(=S)Nc1ccc(O)cc1. The van der Waals surface area contributed by atoms with Gasteiger partial charge in [0.1, 0.15) is 5.75 Å². The molecule has 0 radical (unpaired) electrons. The van der Waals surface area contributed by atoms with Crippen LogP contribution < -0.4 is 10.6 Å². The Balaban J connectivity index is 2.32. The molecule has 0 unspecified atom stereocenters. The van der Waals surface area contributed by atoms with E-state index in [1.165, 1.54) is 25.7 Å². The van der Waals surface area contributed by atoms with Crippen LogP contribution >= 0.6 is 12.2 Å². The minimum absolute atomic E-state index is 0.259. The molecule has 0 aliphatic carbocycles. The lowest BCUT2D eigenvalue weighted by Gasteiger charge is -2.17. The standard InChI is InChI=1S/C15H24N2OS/c1-3-5-6-12(4-2)11-16-15(19)17-13-7-9-14(18)10-8-13/h7-10,12,18H,3-6,11H2,1-2H3,(H2,16,17,19)/t12-/m1/s1. The lowest BCUT2D eigenvalue weighted by Crippen LogP contribution is -2.32. The van der Waals surface area contributed by atoms with E-state index in [2.05, 4.69) is 24.5 Å². The molecule has 3 nitrogen and oxygen atoms in total. The molecule has 0 saturated heterocycles. The van der Waals surface area contributed by atoms with Crippen LogP contribution in [0.15, 0.2) is 24.3 Å². The Morgan fingerprint density at radius 3 is 2.53 bits per heavy atom. The molecule has 3 N–H and O–H groups in total. The van der Waals surface area contributed by atoms with Crippen molar-refractivity contribution in [2.24, 2.45) is 5.92 Å². The van der Waals surface area contributed by atoms with Gasteiger partial charge in [0.05, 0.1) is 0 Å². The summed E-state index contributed by atoms with van der Waals surface area (Å²) in [5.74, 6) is 0.939. The first-order chi connectivity index (χ1) is 9.15. The van der Waals surface area contributed by atoms with Gasteiger partial charge in [-0.05, 0) is 48.8 Å². The summed E-state index contributed by atoms with van der Waals surface area (Å²) in [7, 11) is 0. The zero-order chi connectivity index (χ0) is 14.1. The summed E-state index contributed by atoms with van der Waals surface area (Å²) >= 11 is 5.26. The van der Waals surface area contributed by atoms with E-state index in [1.807, 2.05) is 0 Å². The zero-order valence-electron chi connectivity index (χ0n) is 11.8. The Kier molecular flexibility index (Phi) is 7.26. The number of hydrogen-bond donors (Lipinski definition) is 3. The van der Waals surface area contributed by atoms with Gasteiger partial charge in [-0.25, -0.2) is 0 Å². The highest BCUT2D eigenvalue weighted by molar-refractivity contribution is 7.80. The quantitative estimate of drug-likeness (QED) is 0.523. The molecule has 106 valence electrons. The van der Waals surface area contributed by atoms with Crippen molar-refractivity contribution in [1.82, 2.24) is 5.32 Å². The number of anilines is 1. The van der Waals surface area contributed by atoms with E-state index in [0.717, 1.165) is 12.2 Å². The van der Waals surface area contributed by atoms with Crippen LogP contribution in [0.25, 0.3) is 0 Å². The van der Waals surface area contributed by atoms with Gasteiger partial charge in [0, 0.05) is 12.2 Å². The number of phenols is 1.